The van der Waals surface area contributed by atoms with Crippen LogP contribution in [0, 0.1) is 5.92 Å². The molecule has 0 bridgehead atoms. The van der Waals surface area contributed by atoms with E-state index in [1.807, 2.05) is 0 Å². The Morgan fingerprint density at radius 2 is 0.738 bits per heavy atom. The maximum absolute atomic E-state index is 14.1. The molecule has 1 saturated carbocycles. The van der Waals surface area contributed by atoms with E-state index in [-0.39, 0.29) is 147 Å². The summed E-state index contributed by atoms with van der Waals surface area (Å²) in [6.07, 6.45) is -11.1. The third-order valence-electron chi connectivity index (χ3n) is 21.9. The Labute approximate surface area is 709 Å². The van der Waals surface area contributed by atoms with Crippen LogP contribution < -0.4 is 31.9 Å². The number of hydrogen-bond acceptors (Lipinski definition) is 33. The zero-order valence-corrected chi connectivity index (χ0v) is 72.5. The summed E-state index contributed by atoms with van der Waals surface area (Å²) in [7, 11) is -13.9. The standard InChI is InChI=1S/C74H132N9O36P3/c1-45(87)78-64-55(32-48(39-84)67(97)70(64)100)110-29-17-11-20-58(91)75-27-15-7-10-25-63(96)83-38-54(118-121(105,106)114-42-49-33-52(90)36-81(49)61(94)23-8-5-14-26-76-59(92)21-12-18-30-111-73-65(79-46(2)88)71(101)68(98)56(40-85)116-73)35-51(83)44-115-122(107,108)119-53-34-50(43-113-120(103,104)109-4)82(37-53)62(95)24-9-6-16-28-77-60(93)22-13-19-31-112-74-66(80-47(3)89)72(102)69(99)57(41-86)117-74/h48-57,64-74,84-86,90,97-102H,5-44H2,1-4H3,(H,75,91)(H,76,92)(H,77,93)(H,78,87)(H,79,88)(H,80,89)(H,103,104)(H,105,106)(H,107,108)/t48?,49-,50-,51-,52+,53+,54+,55?,56?,57?,64?,65?,66?,67?,68?,69?,70?,71?,72?,73?,74?/m0/s1. The maximum atomic E-state index is 14.1. The molecule has 0 aromatic carbocycles. The van der Waals surface area contributed by atoms with Crippen molar-refractivity contribution in [3.8, 4) is 0 Å². The summed E-state index contributed by atoms with van der Waals surface area (Å²) in [4.78, 5) is 151. The number of rotatable bonds is 56. The number of hydrogen-bond donors (Lipinski definition) is 19. The summed E-state index contributed by atoms with van der Waals surface area (Å²) in [6.45, 7) is 0.613. The number of phosphoric acid groups is 3. The molecule has 19 N–H and O–H groups in total. The minimum atomic E-state index is -5.14. The maximum Gasteiger partial charge on any atom is 0.472 e. The number of carbonyl (C=O) groups is 9. The Balaban J connectivity index is 0.964. The van der Waals surface area contributed by atoms with Crippen LogP contribution in [0.2, 0.25) is 0 Å². The van der Waals surface area contributed by atoms with Crippen LogP contribution in [0.1, 0.15) is 181 Å². The van der Waals surface area contributed by atoms with Crippen molar-refractivity contribution >= 4 is 76.6 Å². The van der Waals surface area contributed by atoms with Gasteiger partial charge >= 0.3 is 23.5 Å². The van der Waals surface area contributed by atoms with Crippen molar-refractivity contribution in [2.45, 2.75) is 303 Å². The van der Waals surface area contributed by atoms with Crippen molar-refractivity contribution in [1.29, 1.82) is 0 Å². The lowest BCUT2D eigenvalue weighted by Crippen LogP contribution is -2.64. The fourth-order valence-corrected chi connectivity index (χ4v) is 17.8. The SMILES string of the molecule is COP(=O)(O)OC[C@@H]1C[C@@H](OP(=O)(O)OC[C@@H]2C[C@@H](OP(=O)(O)OC[C@@H]3C[C@@H](O)CN3C(=O)CCCCCNC(=O)CCCCOC3OC(CO)C(O)C(O)C3NC(C)=O)CN2C(=O)CCCCCNC(=O)CCCCOC2CC(CO)C(O)C(O)C2NC(C)=O)CN1C(=O)CCCCCNC(=O)CCCCOC1OC(CO)C(O)C(O)C1NC(C)=O. The van der Waals surface area contributed by atoms with Crippen LogP contribution in [0.3, 0.4) is 0 Å². The number of unbranched alkanes of at least 4 members (excludes halogenated alkanes) is 9. The van der Waals surface area contributed by atoms with Crippen molar-refractivity contribution in [2.24, 2.45) is 5.92 Å². The van der Waals surface area contributed by atoms with Gasteiger partial charge in [0.2, 0.25) is 53.2 Å². The predicted molar refractivity (Wildman–Crippen MR) is 424 cm³/mol. The highest BCUT2D eigenvalue weighted by atomic mass is 31.2. The van der Waals surface area contributed by atoms with Crippen molar-refractivity contribution in [3.63, 3.8) is 0 Å². The van der Waals surface area contributed by atoms with Crippen molar-refractivity contribution in [1.82, 2.24) is 46.6 Å². The highest BCUT2D eigenvalue weighted by Gasteiger charge is 2.50. The van der Waals surface area contributed by atoms with Gasteiger partial charge in [0.25, 0.3) is 0 Å². The molecule has 0 radical (unpaired) electrons. The van der Waals surface area contributed by atoms with Crippen LogP contribution in [0.5, 0.6) is 0 Å². The van der Waals surface area contributed by atoms with Crippen LogP contribution in [-0.2, 0) is 108 Å². The first-order valence-corrected chi connectivity index (χ1v) is 46.5. The lowest BCUT2D eigenvalue weighted by atomic mass is 9.79. The molecular weight excluding hydrogens is 1680 g/mol. The summed E-state index contributed by atoms with van der Waals surface area (Å²) in [6, 6.07) is -6.07. The number of likely N-dealkylation sites (tertiary alicyclic amines) is 3. The van der Waals surface area contributed by atoms with Crippen LogP contribution in [0.25, 0.3) is 0 Å². The molecule has 18 unspecified atom stereocenters. The van der Waals surface area contributed by atoms with E-state index in [0.717, 1.165) is 7.11 Å². The van der Waals surface area contributed by atoms with E-state index in [1.54, 1.807) is 0 Å². The Hall–Kier alpha value is -5.04. The summed E-state index contributed by atoms with van der Waals surface area (Å²) in [5, 5.41) is 118. The van der Waals surface area contributed by atoms with E-state index >= 15 is 0 Å². The molecule has 48 heteroatoms. The Kier molecular flexibility index (Phi) is 46.5. The second-order valence-electron chi connectivity index (χ2n) is 31.6. The van der Waals surface area contributed by atoms with Crippen molar-refractivity contribution in [2.75, 3.05) is 106 Å². The number of nitrogens with zero attached hydrogens (tertiary/aromatic N) is 3. The number of phosphoric ester groups is 3. The number of aliphatic hydroxyl groups excluding tert-OH is 10. The number of aliphatic hydroxyl groups is 10. The van der Waals surface area contributed by atoms with Crippen LogP contribution in [0.15, 0.2) is 0 Å². The molecule has 0 spiro atoms. The zero-order valence-electron chi connectivity index (χ0n) is 69.8. The molecule has 24 atom stereocenters. The molecular formula is C74H132N9O36P3. The van der Waals surface area contributed by atoms with Crippen molar-refractivity contribution < 1.29 is 173 Å². The molecule has 704 valence electrons. The number of carbonyl (C=O) groups excluding carboxylic acids is 9. The third-order valence-corrected chi connectivity index (χ3v) is 24.9. The summed E-state index contributed by atoms with van der Waals surface area (Å²) < 4.78 is 100. The van der Waals surface area contributed by atoms with E-state index in [1.165, 1.54) is 35.5 Å². The fraction of sp³-hybridized carbons (Fsp3) is 0.878. The topological polar surface area (TPSA) is 651 Å². The normalized spacial score (nSPS) is 30.1. The average molecular weight is 1820 g/mol. The average Bonchev–Trinajstić information content (AvgIpc) is 1.79. The largest absolute Gasteiger partial charge is 0.472 e. The number of ether oxygens (including phenoxy) is 5. The fourth-order valence-electron chi connectivity index (χ4n) is 15.4. The second-order valence-corrected chi connectivity index (χ2v) is 36.0. The van der Waals surface area contributed by atoms with Gasteiger partial charge in [0.15, 0.2) is 12.6 Å². The molecule has 6 fully saturated rings. The monoisotopic (exact) mass is 1820 g/mol. The number of amides is 9. The molecule has 9 amide bonds. The Morgan fingerprint density at radius 1 is 0.393 bits per heavy atom. The van der Waals surface area contributed by atoms with E-state index in [4.69, 9.17) is 46.3 Å². The van der Waals surface area contributed by atoms with Gasteiger partial charge < -0.3 is 136 Å². The molecule has 6 rings (SSSR count). The Morgan fingerprint density at radius 3 is 1.11 bits per heavy atom. The first-order chi connectivity index (χ1) is 57.9. The Bertz CT molecular complexity index is 3410. The summed E-state index contributed by atoms with van der Waals surface area (Å²) in [5.74, 6) is -4.25. The third kappa shape index (κ3) is 36.2. The minimum Gasteiger partial charge on any atom is -0.396 e. The van der Waals surface area contributed by atoms with E-state index in [9.17, 15) is 123 Å². The van der Waals surface area contributed by atoms with E-state index in [2.05, 4.69) is 36.4 Å². The van der Waals surface area contributed by atoms with Gasteiger partial charge in [-0.2, -0.15) is 0 Å². The van der Waals surface area contributed by atoms with E-state index in [0.29, 0.717) is 96.4 Å². The van der Waals surface area contributed by atoms with Crippen LogP contribution >= 0.6 is 23.5 Å². The molecule has 1 aliphatic carbocycles. The molecule has 122 heavy (non-hydrogen) atoms. The smallest absolute Gasteiger partial charge is 0.396 e. The lowest BCUT2D eigenvalue weighted by Gasteiger charge is -2.42. The molecule has 0 aromatic rings. The van der Waals surface area contributed by atoms with Gasteiger partial charge in [-0.1, -0.05) is 19.3 Å². The number of β-amino-alcohol motifs (C(OH)–C–C–N with tert-alkyl or cyclic N) is 1. The minimum absolute atomic E-state index is 0.0128. The molecule has 0 aromatic heterocycles. The first kappa shape index (κ1) is 106. The van der Waals surface area contributed by atoms with Gasteiger partial charge in [0.1, 0.15) is 54.8 Å². The van der Waals surface area contributed by atoms with Gasteiger partial charge in [-0.15, -0.1) is 0 Å². The molecule has 5 heterocycles. The zero-order chi connectivity index (χ0) is 89.9. The molecule has 45 nitrogen and oxygen atoms in total. The van der Waals surface area contributed by atoms with Gasteiger partial charge in [0, 0.05) is 138 Å². The second kappa shape index (κ2) is 53.7. The molecule has 5 saturated heterocycles. The van der Waals surface area contributed by atoms with E-state index < -0.39 is 221 Å². The van der Waals surface area contributed by atoms with Crippen LogP contribution in [-0.4, -0.2) is 362 Å². The highest BCUT2D eigenvalue weighted by Crippen LogP contribution is 2.50. The summed E-state index contributed by atoms with van der Waals surface area (Å²) >= 11 is 0. The van der Waals surface area contributed by atoms with Gasteiger partial charge in [-0.3, -0.25) is 70.3 Å². The van der Waals surface area contributed by atoms with Crippen LogP contribution in [0.4, 0.5) is 0 Å². The molecule has 6 aliphatic rings. The van der Waals surface area contributed by atoms with Gasteiger partial charge in [-0.05, 0) is 103 Å². The molecule has 5 aliphatic heterocycles. The summed E-state index contributed by atoms with van der Waals surface area (Å²) in [5.41, 5.74) is 0. The predicted octanol–water partition coefficient (Wildman–Crippen LogP) is -3.00. The first-order valence-electron chi connectivity index (χ1n) is 42.0. The lowest BCUT2D eigenvalue weighted by molar-refractivity contribution is -0.270. The van der Waals surface area contributed by atoms with Gasteiger partial charge in [0.05, 0.1) is 87.7 Å². The highest BCUT2D eigenvalue weighted by molar-refractivity contribution is 7.48. The van der Waals surface area contributed by atoms with Gasteiger partial charge in [-0.25, -0.2) is 13.7 Å². The number of nitrogens with one attached hydrogen (secondary N) is 6. The van der Waals surface area contributed by atoms with Crippen molar-refractivity contribution in [3.05, 3.63) is 0 Å². The quantitative estimate of drug-likeness (QED) is 0.0213.